The van der Waals surface area contributed by atoms with Gasteiger partial charge in [0.25, 0.3) is 0 Å². The van der Waals surface area contributed by atoms with E-state index in [2.05, 4.69) is 26.1 Å². The van der Waals surface area contributed by atoms with Crippen molar-refractivity contribution in [2.24, 2.45) is 11.8 Å². The van der Waals surface area contributed by atoms with E-state index in [4.69, 9.17) is 5.11 Å². The summed E-state index contributed by atoms with van der Waals surface area (Å²) in [5, 5.41) is 12.8. The highest BCUT2D eigenvalue weighted by atomic mass is 16.3. The van der Waals surface area contributed by atoms with Crippen LogP contribution < -0.4 is 5.32 Å². The fourth-order valence-electron chi connectivity index (χ4n) is 2.72. The Morgan fingerprint density at radius 2 is 1.81 bits per heavy atom. The van der Waals surface area contributed by atoms with Gasteiger partial charge < -0.3 is 10.4 Å². The third-order valence-corrected chi connectivity index (χ3v) is 4.18. The molecule has 96 valence electrons. The molecule has 1 aliphatic carbocycles. The molecule has 0 spiro atoms. The lowest BCUT2D eigenvalue weighted by molar-refractivity contribution is 0.186. The number of nitrogens with one attached hydrogen (secondary N) is 1. The van der Waals surface area contributed by atoms with E-state index in [1.807, 2.05) is 0 Å². The van der Waals surface area contributed by atoms with Gasteiger partial charge in [-0.1, -0.05) is 26.7 Å². The predicted octanol–water partition coefficient (Wildman–Crippen LogP) is 2.95. The van der Waals surface area contributed by atoms with Crippen molar-refractivity contribution in [3.8, 4) is 0 Å². The van der Waals surface area contributed by atoms with Crippen molar-refractivity contribution in [3.63, 3.8) is 0 Å². The van der Waals surface area contributed by atoms with Crippen LogP contribution in [0.25, 0.3) is 0 Å². The maximum absolute atomic E-state index is 9.11. The number of hydrogen-bond donors (Lipinski definition) is 2. The van der Waals surface area contributed by atoms with E-state index >= 15 is 0 Å². The van der Waals surface area contributed by atoms with Gasteiger partial charge in [-0.2, -0.15) is 0 Å². The second-order valence-corrected chi connectivity index (χ2v) is 5.62. The van der Waals surface area contributed by atoms with E-state index in [9.17, 15) is 0 Å². The first kappa shape index (κ1) is 14.0. The molecule has 0 heterocycles. The standard InChI is InChI=1S/C14H29NO/c1-4-5-13-6-8-14(9-7-13)15-12(3)11(2)10-16/h11-16H,4-10H2,1-3H3. The van der Waals surface area contributed by atoms with Gasteiger partial charge in [-0.05, 0) is 44.4 Å². The molecule has 2 unspecified atom stereocenters. The maximum Gasteiger partial charge on any atom is 0.0471 e. The van der Waals surface area contributed by atoms with Crippen molar-refractivity contribution in [2.45, 2.75) is 71.4 Å². The summed E-state index contributed by atoms with van der Waals surface area (Å²) in [5.74, 6) is 1.35. The molecule has 2 N–H and O–H groups in total. The van der Waals surface area contributed by atoms with Crippen molar-refractivity contribution in [2.75, 3.05) is 6.61 Å². The molecule has 0 aliphatic heterocycles. The van der Waals surface area contributed by atoms with Crippen LogP contribution in [0.1, 0.15) is 59.3 Å². The molecular formula is C14H29NO. The van der Waals surface area contributed by atoms with E-state index in [0.717, 1.165) is 5.92 Å². The van der Waals surface area contributed by atoms with Gasteiger partial charge in [0.15, 0.2) is 0 Å². The Morgan fingerprint density at radius 3 is 2.31 bits per heavy atom. The monoisotopic (exact) mass is 227 g/mol. The molecule has 2 atom stereocenters. The minimum absolute atomic E-state index is 0.291. The van der Waals surface area contributed by atoms with E-state index in [-0.39, 0.29) is 0 Å². The molecule has 0 amide bonds. The molecule has 0 aromatic rings. The SMILES string of the molecule is CCCC1CCC(NC(C)C(C)CO)CC1. The number of aliphatic hydroxyl groups is 1. The van der Waals surface area contributed by atoms with Crippen molar-refractivity contribution in [1.29, 1.82) is 0 Å². The molecule has 0 aromatic heterocycles. The normalized spacial score (nSPS) is 30.0. The average Bonchev–Trinajstić information content (AvgIpc) is 2.31. The van der Waals surface area contributed by atoms with Crippen molar-refractivity contribution < 1.29 is 5.11 Å². The molecule has 2 heteroatoms. The summed E-state index contributed by atoms with van der Waals surface area (Å²) in [6.07, 6.45) is 8.19. The maximum atomic E-state index is 9.11. The Balaban J connectivity index is 2.21. The van der Waals surface area contributed by atoms with E-state index in [1.54, 1.807) is 0 Å². The molecule has 0 aromatic carbocycles. The molecule has 0 bridgehead atoms. The lowest BCUT2D eigenvalue weighted by Gasteiger charge is -2.32. The van der Waals surface area contributed by atoms with E-state index < -0.39 is 0 Å². The zero-order valence-corrected chi connectivity index (χ0v) is 11.2. The molecule has 1 rings (SSSR count). The quantitative estimate of drug-likeness (QED) is 0.731. The van der Waals surface area contributed by atoms with Crippen LogP contribution in [0.2, 0.25) is 0 Å². The zero-order chi connectivity index (χ0) is 12.0. The van der Waals surface area contributed by atoms with Crippen LogP contribution in [0.15, 0.2) is 0 Å². The third kappa shape index (κ3) is 4.42. The first-order valence-corrected chi connectivity index (χ1v) is 7.04. The van der Waals surface area contributed by atoms with Gasteiger partial charge in [0, 0.05) is 18.7 Å². The molecule has 0 saturated heterocycles. The van der Waals surface area contributed by atoms with Crippen LogP contribution in [-0.4, -0.2) is 23.8 Å². The highest BCUT2D eigenvalue weighted by Gasteiger charge is 2.22. The van der Waals surface area contributed by atoms with Gasteiger partial charge in [0.05, 0.1) is 0 Å². The van der Waals surface area contributed by atoms with Gasteiger partial charge >= 0.3 is 0 Å². The Hall–Kier alpha value is -0.0800. The summed E-state index contributed by atoms with van der Waals surface area (Å²) in [7, 11) is 0. The molecule has 1 fully saturated rings. The number of aliphatic hydroxyl groups excluding tert-OH is 1. The number of hydrogen-bond acceptors (Lipinski definition) is 2. The smallest absolute Gasteiger partial charge is 0.0471 e. The van der Waals surface area contributed by atoms with Crippen LogP contribution in [0, 0.1) is 11.8 Å². The zero-order valence-electron chi connectivity index (χ0n) is 11.2. The Kier molecular flexibility index (Phi) is 6.37. The van der Waals surface area contributed by atoms with E-state index in [1.165, 1.54) is 38.5 Å². The summed E-state index contributed by atoms with van der Waals surface area (Å²) < 4.78 is 0. The van der Waals surface area contributed by atoms with Gasteiger partial charge in [-0.25, -0.2) is 0 Å². The van der Waals surface area contributed by atoms with Crippen LogP contribution in [0.5, 0.6) is 0 Å². The number of rotatable bonds is 6. The second kappa shape index (κ2) is 7.29. The van der Waals surface area contributed by atoms with Gasteiger partial charge in [-0.3, -0.25) is 0 Å². The lowest BCUT2D eigenvalue weighted by atomic mass is 9.83. The first-order valence-electron chi connectivity index (χ1n) is 7.04. The third-order valence-electron chi connectivity index (χ3n) is 4.18. The predicted molar refractivity (Wildman–Crippen MR) is 69.5 cm³/mol. The van der Waals surface area contributed by atoms with Crippen LogP contribution in [-0.2, 0) is 0 Å². The lowest BCUT2D eigenvalue weighted by Crippen LogP contribution is -2.42. The van der Waals surface area contributed by atoms with Crippen LogP contribution in [0.3, 0.4) is 0 Å². The first-order chi connectivity index (χ1) is 7.67. The molecule has 0 radical (unpaired) electrons. The summed E-state index contributed by atoms with van der Waals surface area (Å²) in [4.78, 5) is 0. The van der Waals surface area contributed by atoms with Crippen LogP contribution >= 0.6 is 0 Å². The Labute approximate surface area is 101 Å². The van der Waals surface area contributed by atoms with Crippen molar-refractivity contribution in [1.82, 2.24) is 5.32 Å². The van der Waals surface area contributed by atoms with Crippen molar-refractivity contribution in [3.05, 3.63) is 0 Å². The summed E-state index contributed by atoms with van der Waals surface area (Å²) >= 11 is 0. The molecule has 1 saturated carbocycles. The molecule has 2 nitrogen and oxygen atoms in total. The molecule has 1 aliphatic rings. The fraction of sp³-hybridized carbons (Fsp3) is 1.00. The van der Waals surface area contributed by atoms with Crippen LogP contribution in [0.4, 0.5) is 0 Å². The van der Waals surface area contributed by atoms with E-state index in [0.29, 0.717) is 24.6 Å². The van der Waals surface area contributed by atoms with Gasteiger partial charge in [0.1, 0.15) is 0 Å². The highest BCUT2D eigenvalue weighted by molar-refractivity contribution is 4.80. The summed E-state index contributed by atoms with van der Waals surface area (Å²) in [6, 6.07) is 1.13. The minimum Gasteiger partial charge on any atom is -0.396 e. The fourth-order valence-corrected chi connectivity index (χ4v) is 2.72. The largest absolute Gasteiger partial charge is 0.396 e. The van der Waals surface area contributed by atoms with Crippen molar-refractivity contribution >= 4 is 0 Å². The molecular weight excluding hydrogens is 198 g/mol. The Bertz CT molecular complexity index is 176. The minimum atomic E-state index is 0.291. The summed E-state index contributed by atoms with van der Waals surface area (Å²) in [6.45, 7) is 6.88. The average molecular weight is 227 g/mol. The topological polar surface area (TPSA) is 32.3 Å². The van der Waals surface area contributed by atoms with Gasteiger partial charge in [0.2, 0.25) is 0 Å². The Morgan fingerprint density at radius 1 is 1.19 bits per heavy atom. The highest BCUT2D eigenvalue weighted by Crippen LogP contribution is 2.28. The summed E-state index contributed by atoms with van der Waals surface area (Å²) in [5.41, 5.74) is 0. The second-order valence-electron chi connectivity index (χ2n) is 5.62. The van der Waals surface area contributed by atoms with Gasteiger partial charge in [-0.15, -0.1) is 0 Å². The molecule has 16 heavy (non-hydrogen) atoms.